The van der Waals surface area contributed by atoms with Crippen LogP contribution in [-0.2, 0) is 0 Å². The monoisotopic (exact) mass is 294 g/mol. The molecule has 0 radical (unpaired) electrons. The molecule has 5 heteroatoms. The summed E-state index contributed by atoms with van der Waals surface area (Å²) in [5, 5.41) is 0. The minimum absolute atomic E-state index is 0.370. The molecule has 2 nitrogen and oxygen atoms in total. The number of nitrogens with two attached hydrogens (primary N) is 1. The van der Waals surface area contributed by atoms with Gasteiger partial charge in [0.15, 0.2) is 11.6 Å². The summed E-state index contributed by atoms with van der Waals surface area (Å²) in [6, 6.07) is 11.3. The van der Waals surface area contributed by atoms with Crippen molar-refractivity contribution in [1.82, 2.24) is 5.43 Å². The fourth-order valence-corrected chi connectivity index (χ4v) is 2.66. The third kappa shape index (κ3) is 3.36. The Hall–Kier alpha value is -1.43. The fourth-order valence-electron chi connectivity index (χ4n) is 2.00. The molecule has 0 saturated heterocycles. The van der Waals surface area contributed by atoms with Crippen LogP contribution in [0.5, 0.6) is 0 Å². The molecule has 0 aliphatic carbocycles. The Balaban J connectivity index is 2.29. The van der Waals surface area contributed by atoms with E-state index in [-0.39, 0.29) is 6.04 Å². The Morgan fingerprint density at radius 2 is 1.70 bits per heavy atom. The van der Waals surface area contributed by atoms with Crippen molar-refractivity contribution in [2.24, 2.45) is 5.84 Å². The van der Waals surface area contributed by atoms with Gasteiger partial charge in [-0.2, -0.15) is 0 Å². The maximum atomic E-state index is 13.3. The number of benzene rings is 2. The number of thioether (sulfide) groups is 1. The lowest BCUT2D eigenvalue weighted by molar-refractivity contribution is 0.504. The molecule has 0 aliphatic heterocycles. The average molecular weight is 294 g/mol. The molecule has 0 bridgehead atoms. The van der Waals surface area contributed by atoms with E-state index in [1.165, 1.54) is 6.07 Å². The highest BCUT2D eigenvalue weighted by Crippen LogP contribution is 2.25. The van der Waals surface area contributed by atoms with Gasteiger partial charge in [-0.15, -0.1) is 11.8 Å². The third-order valence-corrected chi connectivity index (χ3v) is 3.86. The summed E-state index contributed by atoms with van der Waals surface area (Å²) in [6.45, 7) is 2.09. The molecule has 0 heterocycles. The van der Waals surface area contributed by atoms with E-state index in [1.54, 1.807) is 11.8 Å². The molecule has 20 heavy (non-hydrogen) atoms. The standard InChI is InChI=1S/C15H16F2N2S/c1-2-20-12-6-3-10(4-7-12)15(19-18)11-5-8-13(16)14(17)9-11/h3-9,15,19H,2,18H2,1H3. The summed E-state index contributed by atoms with van der Waals surface area (Å²) in [5.41, 5.74) is 4.12. The van der Waals surface area contributed by atoms with E-state index in [1.807, 2.05) is 24.3 Å². The van der Waals surface area contributed by atoms with Gasteiger partial charge in [-0.25, -0.2) is 14.2 Å². The summed E-state index contributed by atoms with van der Waals surface area (Å²) >= 11 is 1.74. The lowest BCUT2D eigenvalue weighted by Gasteiger charge is -2.17. The predicted molar refractivity (Wildman–Crippen MR) is 78.4 cm³/mol. The normalized spacial score (nSPS) is 12.4. The van der Waals surface area contributed by atoms with Gasteiger partial charge >= 0.3 is 0 Å². The van der Waals surface area contributed by atoms with Crippen molar-refractivity contribution in [3.05, 3.63) is 65.2 Å². The highest BCUT2D eigenvalue weighted by Gasteiger charge is 2.14. The lowest BCUT2D eigenvalue weighted by atomic mass is 9.99. The van der Waals surface area contributed by atoms with E-state index >= 15 is 0 Å². The Morgan fingerprint density at radius 3 is 2.25 bits per heavy atom. The van der Waals surface area contributed by atoms with Crippen LogP contribution in [0.25, 0.3) is 0 Å². The first-order chi connectivity index (χ1) is 9.65. The minimum atomic E-state index is -0.874. The van der Waals surface area contributed by atoms with Crippen molar-refractivity contribution in [2.75, 3.05) is 5.75 Å². The molecule has 2 aromatic carbocycles. The molecular weight excluding hydrogens is 278 g/mol. The van der Waals surface area contributed by atoms with Crippen molar-refractivity contribution in [3.8, 4) is 0 Å². The minimum Gasteiger partial charge on any atom is -0.271 e. The van der Waals surface area contributed by atoms with Gasteiger partial charge < -0.3 is 0 Å². The number of nitrogens with one attached hydrogen (secondary N) is 1. The van der Waals surface area contributed by atoms with Gasteiger partial charge in [-0.1, -0.05) is 25.1 Å². The van der Waals surface area contributed by atoms with Crippen LogP contribution in [0.2, 0.25) is 0 Å². The van der Waals surface area contributed by atoms with Crippen LogP contribution < -0.4 is 11.3 Å². The van der Waals surface area contributed by atoms with Crippen LogP contribution in [0.1, 0.15) is 24.1 Å². The molecule has 106 valence electrons. The van der Waals surface area contributed by atoms with Crippen molar-refractivity contribution in [2.45, 2.75) is 17.9 Å². The zero-order valence-corrected chi connectivity index (χ0v) is 11.9. The van der Waals surface area contributed by atoms with Gasteiger partial charge in [0.05, 0.1) is 6.04 Å². The van der Waals surface area contributed by atoms with Crippen molar-refractivity contribution >= 4 is 11.8 Å². The van der Waals surface area contributed by atoms with E-state index in [4.69, 9.17) is 5.84 Å². The molecule has 0 aromatic heterocycles. The Morgan fingerprint density at radius 1 is 1.05 bits per heavy atom. The summed E-state index contributed by atoms with van der Waals surface area (Å²) in [4.78, 5) is 1.16. The smallest absolute Gasteiger partial charge is 0.159 e. The molecule has 0 spiro atoms. The first-order valence-electron chi connectivity index (χ1n) is 6.29. The van der Waals surface area contributed by atoms with Crippen LogP contribution in [-0.4, -0.2) is 5.75 Å². The van der Waals surface area contributed by atoms with Crippen LogP contribution in [0.15, 0.2) is 47.4 Å². The topological polar surface area (TPSA) is 38.0 Å². The summed E-state index contributed by atoms with van der Waals surface area (Å²) < 4.78 is 26.3. The number of rotatable bonds is 5. The molecule has 2 aromatic rings. The van der Waals surface area contributed by atoms with Gasteiger partial charge in [0.25, 0.3) is 0 Å². The Kier molecular flexibility index (Phi) is 5.11. The zero-order chi connectivity index (χ0) is 14.5. The number of halogens is 2. The highest BCUT2D eigenvalue weighted by atomic mass is 32.2. The molecule has 0 amide bonds. The van der Waals surface area contributed by atoms with E-state index in [0.717, 1.165) is 28.3 Å². The third-order valence-electron chi connectivity index (χ3n) is 2.97. The molecule has 1 unspecified atom stereocenters. The molecule has 0 saturated carbocycles. The quantitative estimate of drug-likeness (QED) is 0.502. The maximum Gasteiger partial charge on any atom is 0.159 e. The largest absolute Gasteiger partial charge is 0.271 e. The second-order valence-electron chi connectivity index (χ2n) is 4.28. The SMILES string of the molecule is CCSc1ccc(C(NN)c2ccc(F)c(F)c2)cc1. The van der Waals surface area contributed by atoms with Crippen LogP contribution in [0, 0.1) is 11.6 Å². The van der Waals surface area contributed by atoms with Crippen molar-refractivity contribution in [1.29, 1.82) is 0 Å². The summed E-state index contributed by atoms with van der Waals surface area (Å²) in [5.74, 6) is 4.82. The second kappa shape index (κ2) is 6.83. The number of hydrogen-bond acceptors (Lipinski definition) is 3. The molecule has 1 atom stereocenters. The van der Waals surface area contributed by atoms with Crippen LogP contribution in [0.3, 0.4) is 0 Å². The highest BCUT2D eigenvalue weighted by molar-refractivity contribution is 7.99. The van der Waals surface area contributed by atoms with Gasteiger partial charge in [0, 0.05) is 4.90 Å². The van der Waals surface area contributed by atoms with E-state index in [9.17, 15) is 8.78 Å². The lowest BCUT2D eigenvalue weighted by Crippen LogP contribution is -2.28. The van der Waals surface area contributed by atoms with E-state index < -0.39 is 11.6 Å². The number of hydrogen-bond donors (Lipinski definition) is 2. The van der Waals surface area contributed by atoms with Crippen molar-refractivity contribution in [3.63, 3.8) is 0 Å². The van der Waals surface area contributed by atoms with Gasteiger partial charge in [0.2, 0.25) is 0 Å². The van der Waals surface area contributed by atoms with E-state index in [2.05, 4.69) is 12.3 Å². The van der Waals surface area contributed by atoms with E-state index in [0.29, 0.717) is 5.56 Å². The second-order valence-corrected chi connectivity index (χ2v) is 5.61. The predicted octanol–water partition coefficient (Wildman–Crippen LogP) is 3.63. The Bertz CT molecular complexity index is 573. The molecule has 2 rings (SSSR count). The average Bonchev–Trinajstić information content (AvgIpc) is 2.46. The molecular formula is C15H16F2N2S. The maximum absolute atomic E-state index is 13.3. The first-order valence-corrected chi connectivity index (χ1v) is 7.28. The van der Waals surface area contributed by atoms with Gasteiger partial charge in [0.1, 0.15) is 0 Å². The number of hydrazine groups is 1. The summed E-state index contributed by atoms with van der Waals surface area (Å²) in [6.07, 6.45) is 0. The molecule has 0 fully saturated rings. The zero-order valence-electron chi connectivity index (χ0n) is 11.1. The Labute approximate surface area is 121 Å². The van der Waals surface area contributed by atoms with Gasteiger partial charge in [-0.05, 0) is 41.1 Å². The van der Waals surface area contributed by atoms with Crippen LogP contribution >= 0.6 is 11.8 Å². The van der Waals surface area contributed by atoms with Gasteiger partial charge in [-0.3, -0.25) is 5.84 Å². The first kappa shape index (κ1) is 15.0. The van der Waals surface area contributed by atoms with Crippen LogP contribution in [0.4, 0.5) is 8.78 Å². The molecule has 0 aliphatic rings. The fraction of sp³-hybridized carbons (Fsp3) is 0.200. The van der Waals surface area contributed by atoms with Crippen molar-refractivity contribution < 1.29 is 8.78 Å². The molecule has 3 N–H and O–H groups in total. The summed E-state index contributed by atoms with van der Waals surface area (Å²) in [7, 11) is 0.